The maximum Gasteiger partial charge on any atom is 0.272 e. The van der Waals surface area contributed by atoms with Crippen LogP contribution in [-0.2, 0) is 13.6 Å². The summed E-state index contributed by atoms with van der Waals surface area (Å²) >= 11 is 1.59. The minimum atomic E-state index is -0.173. The Morgan fingerprint density at radius 1 is 1.38 bits per heavy atom. The molecule has 0 aliphatic rings. The number of hydrogen-bond acceptors (Lipinski definition) is 3. The Bertz CT molecular complexity index is 915. The Morgan fingerprint density at radius 3 is 2.75 bits per heavy atom. The number of hydrogen-bond donors (Lipinski definition) is 1. The summed E-state index contributed by atoms with van der Waals surface area (Å²) in [5, 5.41) is 5.87. The molecular weight excluding hydrogens is 320 g/mol. The molecule has 2 heterocycles. The molecule has 0 saturated carbocycles. The molecule has 3 rings (SSSR count). The second-order valence-electron chi connectivity index (χ2n) is 5.44. The maximum absolute atomic E-state index is 12.5. The summed E-state index contributed by atoms with van der Waals surface area (Å²) in [7, 11) is 1.84. The standard InChI is InChI=1S/C18H16N4OS/c1-12-20-16(11-24-12)14-8-17(22(3)10-14)18(23)21-15-6-4-13(5-7-15)9-19-2/h4-8,10-11H,9H2,1,3H3,(H,21,23). The molecule has 0 bridgehead atoms. The Labute approximate surface area is 144 Å². The van der Waals surface area contributed by atoms with Crippen molar-refractivity contribution in [3.05, 3.63) is 69.6 Å². The first-order valence-corrected chi connectivity index (χ1v) is 8.27. The molecule has 0 aliphatic heterocycles. The van der Waals surface area contributed by atoms with Gasteiger partial charge in [-0.05, 0) is 37.3 Å². The topological polar surface area (TPSA) is 51.3 Å². The highest BCUT2D eigenvalue weighted by Crippen LogP contribution is 2.24. The Balaban J connectivity index is 1.78. The van der Waals surface area contributed by atoms with Crippen molar-refractivity contribution in [3.63, 3.8) is 0 Å². The highest BCUT2D eigenvalue weighted by molar-refractivity contribution is 7.09. The van der Waals surface area contributed by atoms with Crippen LogP contribution < -0.4 is 5.32 Å². The van der Waals surface area contributed by atoms with Gasteiger partial charge in [0.05, 0.1) is 10.7 Å². The van der Waals surface area contributed by atoms with Gasteiger partial charge in [-0.2, -0.15) is 0 Å². The van der Waals surface area contributed by atoms with Crippen LogP contribution in [0.4, 0.5) is 5.69 Å². The molecular formula is C18H16N4OS. The highest BCUT2D eigenvalue weighted by atomic mass is 32.1. The van der Waals surface area contributed by atoms with Crippen molar-refractivity contribution in [3.8, 4) is 11.3 Å². The molecule has 1 N–H and O–H groups in total. The van der Waals surface area contributed by atoms with Gasteiger partial charge in [0.15, 0.2) is 0 Å². The zero-order chi connectivity index (χ0) is 17.1. The predicted octanol–water partition coefficient (Wildman–Crippen LogP) is 4.13. The van der Waals surface area contributed by atoms with Crippen molar-refractivity contribution in [2.75, 3.05) is 5.32 Å². The second-order valence-corrected chi connectivity index (χ2v) is 6.51. The summed E-state index contributed by atoms with van der Waals surface area (Å²) in [6.07, 6.45) is 1.91. The van der Waals surface area contributed by atoms with E-state index in [1.807, 2.05) is 55.9 Å². The van der Waals surface area contributed by atoms with Gasteiger partial charge in [-0.3, -0.25) is 4.79 Å². The average molecular weight is 336 g/mol. The summed E-state index contributed by atoms with van der Waals surface area (Å²) in [4.78, 5) is 20.3. The lowest BCUT2D eigenvalue weighted by molar-refractivity contribution is 0.101. The zero-order valence-corrected chi connectivity index (χ0v) is 14.2. The van der Waals surface area contributed by atoms with Crippen LogP contribution in [-0.4, -0.2) is 15.5 Å². The number of benzene rings is 1. The molecule has 1 aromatic carbocycles. The van der Waals surface area contributed by atoms with Gasteiger partial charge in [-0.25, -0.2) is 11.6 Å². The number of anilines is 1. The maximum atomic E-state index is 12.5. The van der Waals surface area contributed by atoms with Crippen LogP contribution in [0.1, 0.15) is 21.1 Å². The normalized spacial score (nSPS) is 10.4. The van der Waals surface area contributed by atoms with Crippen LogP contribution >= 0.6 is 11.3 Å². The number of amides is 1. The van der Waals surface area contributed by atoms with Crippen molar-refractivity contribution in [2.45, 2.75) is 13.5 Å². The lowest BCUT2D eigenvalue weighted by Crippen LogP contribution is -2.15. The second kappa shape index (κ2) is 6.69. The van der Waals surface area contributed by atoms with Gasteiger partial charge >= 0.3 is 0 Å². The van der Waals surface area contributed by atoms with E-state index in [0.29, 0.717) is 17.9 Å². The molecule has 0 radical (unpaired) electrons. The summed E-state index contributed by atoms with van der Waals surface area (Å²) in [5.41, 5.74) is 4.03. The molecule has 0 spiro atoms. The van der Waals surface area contributed by atoms with Crippen LogP contribution in [0.15, 0.2) is 41.9 Å². The fourth-order valence-corrected chi connectivity index (χ4v) is 3.03. The molecule has 3 aromatic rings. The van der Waals surface area contributed by atoms with Crippen LogP contribution in [0.25, 0.3) is 16.1 Å². The van der Waals surface area contributed by atoms with Gasteiger partial charge in [-0.15, -0.1) is 11.3 Å². The van der Waals surface area contributed by atoms with Gasteiger partial charge in [0.1, 0.15) is 5.69 Å². The highest BCUT2D eigenvalue weighted by Gasteiger charge is 2.14. The van der Waals surface area contributed by atoms with Gasteiger partial charge in [-0.1, -0.05) is 0 Å². The molecule has 0 aliphatic carbocycles. The third-order valence-corrected chi connectivity index (χ3v) is 4.40. The van der Waals surface area contributed by atoms with Gasteiger partial charge < -0.3 is 14.7 Å². The lowest BCUT2D eigenvalue weighted by Gasteiger charge is -2.06. The van der Waals surface area contributed by atoms with E-state index in [1.54, 1.807) is 15.9 Å². The Hall–Kier alpha value is -2.91. The monoisotopic (exact) mass is 336 g/mol. The van der Waals surface area contributed by atoms with Crippen molar-refractivity contribution < 1.29 is 4.79 Å². The Kier molecular flexibility index (Phi) is 4.45. The molecule has 1 amide bonds. The third kappa shape index (κ3) is 3.36. The SMILES string of the molecule is [C-]#[N+]Cc1ccc(NC(=O)c2cc(-c3csc(C)n3)cn2C)cc1. The first kappa shape index (κ1) is 16.0. The smallest absolute Gasteiger partial charge is 0.272 e. The Morgan fingerprint density at radius 2 is 2.12 bits per heavy atom. The summed E-state index contributed by atoms with van der Waals surface area (Å²) in [5.74, 6) is -0.173. The molecule has 6 heteroatoms. The van der Waals surface area contributed by atoms with Crippen molar-refractivity contribution in [2.24, 2.45) is 7.05 Å². The van der Waals surface area contributed by atoms with Crippen LogP contribution in [0.5, 0.6) is 0 Å². The van der Waals surface area contributed by atoms with Gasteiger partial charge in [0.2, 0.25) is 6.54 Å². The van der Waals surface area contributed by atoms with Crippen LogP contribution in [0, 0.1) is 13.5 Å². The number of thiazole rings is 1. The van der Waals surface area contributed by atoms with Crippen molar-refractivity contribution in [1.29, 1.82) is 0 Å². The number of carbonyl (C=O) groups excluding carboxylic acids is 1. The molecule has 120 valence electrons. The van der Waals surface area contributed by atoms with Crippen LogP contribution in [0.2, 0.25) is 0 Å². The molecule has 0 fully saturated rings. The average Bonchev–Trinajstić information content (AvgIpc) is 3.15. The van der Waals surface area contributed by atoms with E-state index in [4.69, 9.17) is 6.57 Å². The number of nitrogens with one attached hydrogen (secondary N) is 1. The third-order valence-electron chi connectivity index (χ3n) is 3.63. The molecule has 0 saturated heterocycles. The zero-order valence-electron chi connectivity index (χ0n) is 13.4. The summed E-state index contributed by atoms with van der Waals surface area (Å²) in [6.45, 7) is 9.18. The molecule has 5 nitrogen and oxygen atoms in total. The van der Waals surface area contributed by atoms with E-state index >= 15 is 0 Å². The van der Waals surface area contributed by atoms with E-state index in [2.05, 4.69) is 15.1 Å². The van der Waals surface area contributed by atoms with E-state index < -0.39 is 0 Å². The minimum absolute atomic E-state index is 0.173. The number of aromatic nitrogens is 2. The largest absolute Gasteiger partial charge is 0.346 e. The number of nitrogens with zero attached hydrogens (tertiary/aromatic N) is 3. The first-order valence-electron chi connectivity index (χ1n) is 7.39. The molecule has 24 heavy (non-hydrogen) atoms. The van der Waals surface area contributed by atoms with Gasteiger partial charge in [0.25, 0.3) is 5.91 Å². The van der Waals surface area contributed by atoms with E-state index in [0.717, 1.165) is 21.8 Å². The van der Waals surface area contributed by atoms with E-state index in [1.165, 1.54) is 0 Å². The fourth-order valence-electron chi connectivity index (χ4n) is 2.41. The van der Waals surface area contributed by atoms with Crippen molar-refractivity contribution in [1.82, 2.24) is 9.55 Å². The first-order chi connectivity index (χ1) is 11.6. The quantitative estimate of drug-likeness (QED) is 0.728. The lowest BCUT2D eigenvalue weighted by atomic mass is 10.2. The number of aryl methyl sites for hydroxylation is 2. The summed E-state index contributed by atoms with van der Waals surface area (Å²) in [6, 6.07) is 9.17. The van der Waals surface area contributed by atoms with Gasteiger partial charge in [0, 0.05) is 35.4 Å². The van der Waals surface area contributed by atoms with Crippen molar-refractivity contribution >= 4 is 22.9 Å². The molecule has 2 aromatic heterocycles. The van der Waals surface area contributed by atoms with E-state index in [-0.39, 0.29) is 5.91 Å². The molecule has 0 atom stereocenters. The van der Waals surface area contributed by atoms with Crippen LogP contribution in [0.3, 0.4) is 0 Å². The predicted molar refractivity (Wildman–Crippen MR) is 96.0 cm³/mol. The molecule has 0 unspecified atom stereocenters. The fraction of sp³-hybridized carbons (Fsp3) is 0.167. The number of carbonyl (C=O) groups is 1. The minimum Gasteiger partial charge on any atom is -0.346 e. The van der Waals surface area contributed by atoms with E-state index in [9.17, 15) is 4.79 Å². The summed E-state index contributed by atoms with van der Waals surface area (Å²) < 4.78 is 1.80. The number of rotatable bonds is 4.